The Balaban J connectivity index is 3.43. The van der Waals surface area contributed by atoms with Crippen LogP contribution in [0.2, 0.25) is 0 Å². The first-order valence-electron chi connectivity index (χ1n) is 3.38. The Labute approximate surface area is 69.8 Å². The van der Waals surface area contributed by atoms with E-state index in [1.54, 1.807) is 0 Å². The Morgan fingerprint density at radius 2 is 2.10 bits per heavy atom. The molecule has 0 aliphatic heterocycles. The van der Waals surface area contributed by atoms with Gasteiger partial charge in [0, 0.05) is 11.2 Å². The van der Waals surface area contributed by atoms with Crippen molar-refractivity contribution >= 4 is 21.9 Å². The summed E-state index contributed by atoms with van der Waals surface area (Å²) in [5.74, 6) is -0.437. The Hall–Kier alpha value is -0.0500. The first-order chi connectivity index (χ1) is 4.52. The number of carbonyl (C=O) groups is 1. The number of halogens is 1. The van der Waals surface area contributed by atoms with E-state index in [0.29, 0.717) is 4.83 Å². The molecular weight excluding hydrogens is 196 g/mol. The van der Waals surface area contributed by atoms with E-state index in [1.807, 2.05) is 13.8 Å². The summed E-state index contributed by atoms with van der Waals surface area (Å²) in [6.07, 6.45) is 1.20. The van der Waals surface area contributed by atoms with E-state index in [-0.39, 0.29) is 12.3 Å². The first kappa shape index (κ1) is 9.95. The molecule has 0 amide bonds. The Kier molecular flexibility index (Phi) is 4.69. The van der Waals surface area contributed by atoms with Gasteiger partial charge in [-0.3, -0.25) is 4.79 Å². The fraction of sp³-hybridized carbons (Fsp3) is 0.857. The fourth-order valence-electron chi connectivity index (χ4n) is 0.936. The minimum absolute atomic E-state index is 0.270. The number of carboxylic acid groups (broad SMARTS) is 1. The summed E-state index contributed by atoms with van der Waals surface area (Å²) < 4.78 is 0. The lowest BCUT2D eigenvalue weighted by Crippen LogP contribution is -2.07. The summed E-state index contributed by atoms with van der Waals surface area (Å²) in [6.45, 7) is 3.98. The van der Waals surface area contributed by atoms with Gasteiger partial charge in [0.2, 0.25) is 0 Å². The van der Waals surface area contributed by atoms with Gasteiger partial charge < -0.3 is 5.11 Å². The quantitative estimate of drug-likeness (QED) is 0.721. The predicted octanol–water partition coefficient (Wildman–Crippen LogP) is 2.27. The molecule has 0 aliphatic rings. The molecule has 2 nitrogen and oxygen atoms in total. The largest absolute Gasteiger partial charge is 0.481 e. The molecule has 0 fully saturated rings. The maximum absolute atomic E-state index is 10.2. The van der Waals surface area contributed by atoms with Crippen molar-refractivity contribution < 1.29 is 9.90 Å². The van der Waals surface area contributed by atoms with Crippen molar-refractivity contribution in [3.63, 3.8) is 0 Å². The maximum Gasteiger partial charge on any atom is 0.303 e. The second-order valence-electron chi connectivity index (χ2n) is 2.72. The smallest absolute Gasteiger partial charge is 0.303 e. The number of aliphatic carboxylic acids is 1. The highest BCUT2D eigenvalue weighted by atomic mass is 79.9. The Morgan fingerprint density at radius 1 is 1.60 bits per heavy atom. The monoisotopic (exact) mass is 208 g/mol. The number of hydrogen-bond donors (Lipinski definition) is 1. The van der Waals surface area contributed by atoms with Crippen molar-refractivity contribution in [3.8, 4) is 0 Å². The molecule has 0 rings (SSSR count). The van der Waals surface area contributed by atoms with Crippen LogP contribution in [-0.4, -0.2) is 15.9 Å². The summed E-state index contributed by atoms with van der Waals surface area (Å²) in [5.41, 5.74) is 0. The zero-order valence-corrected chi connectivity index (χ0v) is 7.89. The van der Waals surface area contributed by atoms with Crippen LogP contribution < -0.4 is 0 Å². The van der Waals surface area contributed by atoms with Gasteiger partial charge in [0.25, 0.3) is 0 Å². The normalized spacial score (nSPS) is 16.3. The van der Waals surface area contributed by atoms with Gasteiger partial charge in [-0.1, -0.05) is 29.8 Å². The predicted molar refractivity (Wildman–Crippen MR) is 44.4 cm³/mol. The first-order valence-corrected chi connectivity index (χ1v) is 4.29. The van der Waals surface area contributed by atoms with E-state index in [2.05, 4.69) is 15.9 Å². The van der Waals surface area contributed by atoms with E-state index >= 15 is 0 Å². The number of carboxylic acids is 1. The Bertz CT molecular complexity index is 112. The SMILES string of the molecule is CC(Br)CC(C)CC(=O)O. The zero-order valence-electron chi connectivity index (χ0n) is 6.30. The third kappa shape index (κ3) is 6.08. The lowest BCUT2D eigenvalue weighted by molar-refractivity contribution is -0.138. The molecule has 60 valence electrons. The zero-order chi connectivity index (χ0) is 8.15. The van der Waals surface area contributed by atoms with Crippen molar-refractivity contribution in [2.24, 2.45) is 5.92 Å². The van der Waals surface area contributed by atoms with Crippen LogP contribution in [0.15, 0.2) is 0 Å². The second-order valence-corrected chi connectivity index (χ2v) is 4.28. The van der Waals surface area contributed by atoms with Crippen LogP contribution in [0, 0.1) is 5.92 Å². The summed E-state index contributed by atoms with van der Waals surface area (Å²) >= 11 is 3.37. The molecule has 0 saturated carbocycles. The van der Waals surface area contributed by atoms with Crippen LogP contribution in [-0.2, 0) is 4.79 Å². The van der Waals surface area contributed by atoms with Crippen molar-refractivity contribution in [1.29, 1.82) is 0 Å². The molecule has 10 heavy (non-hydrogen) atoms. The standard InChI is InChI=1S/C7H13BrO2/c1-5(3-6(2)8)4-7(9)10/h5-6H,3-4H2,1-2H3,(H,9,10). The lowest BCUT2D eigenvalue weighted by Gasteiger charge is -2.08. The van der Waals surface area contributed by atoms with Crippen molar-refractivity contribution in [1.82, 2.24) is 0 Å². The minimum Gasteiger partial charge on any atom is -0.481 e. The van der Waals surface area contributed by atoms with Crippen molar-refractivity contribution in [2.45, 2.75) is 31.5 Å². The molecule has 0 aromatic carbocycles. The highest BCUT2D eigenvalue weighted by molar-refractivity contribution is 9.09. The fourth-order valence-corrected chi connectivity index (χ4v) is 1.57. The third-order valence-electron chi connectivity index (χ3n) is 1.25. The molecule has 3 heteroatoms. The topological polar surface area (TPSA) is 37.3 Å². The highest BCUT2D eigenvalue weighted by Gasteiger charge is 2.09. The number of alkyl halides is 1. The Morgan fingerprint density at radius 3 is 2.40 bits per heavy atom. The van der Waals surface area contributed by atoms with E-state index in [1.165, 1.54) is 0 Å². The van der Waals surface area contributed by atoms with E-state index < -0.39 is 5.97 Å². The van der Waals surface area contributed by atoms with Crippen LogP contribution in [0.4, 0.5) is 0 Å². The summed E-state index contributed by atoms with van der Waals surface area (Å²) in [6, 6.07) is 0. The van der Waals surface area contributed by atoms with E-state index in [0.717, 1.165) is 6.42 Å². The average molecular weight is 209 g/mol. The van der Waals surface area contributed by atoms with Gasteiger partial charge in [-0.05, 0) is 12.3 Å². The summed E-state index contributed by atoms with van der Waals surface area (Å²) in [5, 5.41) is 8.38. The second kappa shape index (κ2) is 4.72. The summed E-state index contributed by atoms with van der Waals surface area (Å²) in [7, 11) is 0. The van der Waals surface area contributed by atoms with Crippen LogP contribution in [0.3, 0.4) is 0 Å². The summed E-state index contributed by atoms with van der Waals surface area (Å²) in [4.78, 5) is 10.6. The average Bonchev–Trinajstić information content (AvgIpc) is 1.58. The van der Waals surface area contributed by atoms with Crippen molar-refractivity contribution in [3.05, 3.63) is 0 Å². The minimum atomic E-state index is -0.708. The highest BCUT2D eigenvalue weighted by Crippen LogP contribution is 2.14. The maximum atomic E-state index is 10.2. The van der Waals surface area contributed by atoms with E-state index in [9.17, 15) is 4.79 Å². The molecule has 2 atom stereocenters. The van der Waals surface area contributed by atoms with Gasteiger partial charge in [-0.25, -0.2) is 0 Å². The molecule has 0 aromatic rings. The van der Waals surface area contributed by atoms with Gasteiger partial charge in [0.1, 0.15) is 0 Å². The molecule has 0 spiro atoms. The molecule has 0 aliphatic carbocycles. The number of rotatable bonds is 4. The van der Waals surface area contributed by atoms with Gasteiger partial charge in [0.15, 0.2) is 0 Å². The van der Waals surface area contributed by atoms with Gasteiger partial charge in [-0.15, -0.1) is 0 Å². The van der Waals surface area contributed by atoms with Crippen LogP contribution in [0.5, 0.6) is 0 Å². The molecule has 0 saturated heterocycles. The van der Waals surface area contributed by atoms with Crippen LogP contribution >= 0.6 is 15.9 Å². The molecule has 0 aromatic heterocycles. The number of hydrogen-bond acceptors (Lipinski definition) is 1. The van der Waals surface area contributed by atoms with E-state index in [4.69, 9.17) is 5.11 Å². The molecule has 0 radical (unpaired) electrons. The van der Waals surface area contributed by atoms with Crippen LogP contribution in [0.25, 0.3) is 0 Å². The molecule has 0 heterocycles. The van der Waals surface area contributed by atoms with Gasteiger partial charge in [0.05, 0.1) is 0 Å². The lowest BCUT2D eigenvalue weighted by atomic mass is 10.0. The molecule has 0 bridgehead atoms. The molecular formula is C7H13BrO2. The van der Waals surface area contributed by atoms with Crippen molar-refractivity contribution in [2.75, 3.05) is 0 Å². The molecule has 1 N–H and O–H groups in total. The third-order valence-corrected chi connectivity index (χ3v) is 1.62. The van der Waals surface area contributed by atoms with Gasteiger partial charge in [-0.2, -0.15) is 0 Å². The molecule has 2 unspecified atom stereocenters. The van der Waals surface area contributed by atoms with Gasteiger partial charge >= 0.3 is 5.97 Å². The van der Waals surface area contributed by atoms with Crippen LogP contribution in [0.1, 0.15) is 26.7 Å².